The number of rotatable bonds is 8. The number of nitrogens with zero attached hydrogens (tertiary/aromatic N) is 7. The average molecular weight is 631 g/mol. The molecule has 0 radical (unpaired) electrons. The Morgan fingerprint density at radius 2 is 1.96 bits per heavy atom. The molecular formula is C32H38N8O4S. The molecule has 2 atom stereocenters. The summed E-state index contributed by atoms with van der Waals surface area (Å²) in [7, 11) is -3.40. The molecule has 0 fully saturated rings. The maximum Gasteiger partial charge on any atom is 0.249 e. The summed E-state index contributed by atoms with van der Waals surface area (Å²) in [6.45, 7) is 9.28. The molecule has 2 unspecified atom stereocenters. The molecule has 0 aliphatic carbocycles. The van der Waals surface area contributed by atoms with E-state index in [1.54, 1.807) is 28.7 Å². The summed E-state index contributed by atoms with van der Waals surface area (Å²) in [5.74, 6) is -0.0808. The third-order valence-corrected chi connectivity index (χ3v) is 10.5. The fourth-order valence-corrected chi connectivity index (χ4v) is 7.53. The zero-order valence-corrected chi connectivity index (χ0v) is 26.6. The van der Waals surface area contributed by atoms with Crippen molar-refractivity contribution in [2.45, 2.75) is 70.5 Å². The predicted octanol–water partition coefficient (Wildman–Crippen LogP) is 5.80. The van der Waals surface area contributed by atoms with Gasteiger partial charge in [-0.1, -0.05) is 36.4 Å². The largest absolute Gasteiger partial charge is 0.472 e. The van der Waals surface area contributed by atoms with Crippen molar-refractivity contribution >= 4 is 33.5 Å². The summed E-state index contributed by atoms with van der Waals surface area (Å²) in [6, 6.07) is 15.1. The molecule has 0 saturated carbocycles. The molecular weight excluding hydrogens is 592 g/mol. The van der Waals surface area contributed by atoms with Gasteiger partial charge in [-0.25, -0.2) is 9.67 Å². The van der Waals surface area contributed by atoms with Gasteiger partial charge in [0, 0.05) is 37.7 Å². The van der Waals surface area contributed by atoms with Crippen LogP contribution in [-0.4, -0.2) is 61.7 Å². The number of nitrogens with two attached hydrogens (primary N) is 1. The van der Waals surface area contributed by atoms with E-state index in [9.17, 15) is 13.9 Å². The maximum atomic E-state index is 13.6. The average Bonchev–Trinajstić information content (AvgIpc) is 3.64. The highest BCUT2D eigenvalue weighted by Gasteiger charge is 2.36. The van der Waals surface area contributed by atoms with E-state index in [2.05, 4.69) is 26.5 Å². The van der Waals surface area contributed by atoms with Gasteiger partial charge in [0.15, 0.2) is 0 Å². The Morgan fingerprint density at radius 3 is 2.69 bits per heavy atom. The molecule has 2 aromatic carbocycles. The van der Waals surface area contributed by atoms with Gasteiger partial charge in [-0.15, -0.1) is 15.9 Å². The molecule has 0 amide bonds. The number of aromatic nitrogens is 6. The molecule has 5 aromatic rings. The van der Waals surface area contributed by atoms with Crippen LogP contribution in [0.5, 0.6) is 5.88 Å². The molecule has 0 saturated heterocycles. The molecule has 13 heteroatoms. The van der Waals surface area contributed by atoms with Crippen LogP contribution >= 0.6 is 10.8 Å². The van der Waals surface area contributed by atoms with E-state index in [0.717, 1.165) is 38.9 Å². The Morgan fingerprint density at radius 1 is 1.13 bits per heavy atom. The fourth-order valence-electron chi connectivity index (χ4n) is 5.96. The number of ether oxygens (including phenoxy) is 1. The zero-order chi connectivity index (χ0) is 31.9. The second kappa shape index (κ2) is 12.2. The van der Waals surface area contributed by atoms with Gasteiger partial charge >= 0.3 is 0 Å². The van der Waals surface area contributed by atoms with Gasteiger partial charge in [0.05, 0.1) is 18.3 Å². The van der Waals surface area contributed by atoms with Crippen LogP contribution in [0.3, 0.4) is 0 Å². The van der Waals surface area contributed by atoms with Crippen molar-refractivity contribution in [3.05, 3.63) is 88.7 Å². The molecule has 4 N–H and O–H groups in total. The minimum absolute atomic E-state index is 0.104. The molecule has 236 valence electrons. The number of pyridine rings is 1. The summed E-state index contributed by atoms with van der Waals surface area (Å²) in [5.41, 5.74) is 12.4. The topological polar surface area (TPSA) is 157 Å². The van der Waals surface area contributed by atoms with E-state index in [0.29, 0.717) is 19.5 Å². The van der Waals surface area contributed by atoms with Crippen LogP contribution in [0.25, 0.3) is 11.0 Å². The Hall–Kier alpha value is -4.30. The Balaban J connectivity index is 1.42. The van der Waals surface area contributed by atoms with Gasteiger partial charge in [0.2, 0.25) is 11.8 Å². The van der Waals surface area contributed by atoms with Crippen LogP contribution in [0.1, 0.15) is 65.2 Å². The Bertz CT molecular complexity index is 1870. The van der Waals surface area contributed by atoms with Crippen LogP contribution in [0.4, 0.5) is 5.82 Å². The molecule has 0 spiro atoms. The first-order valence-electron chi connectivity index (χ1n) is 15.0. The van der Waals surface area contributed by atoms with E-state index >= 15 is 0 Å². The van der Waals surface area contributed by atoms with Crippen LogP contribution in [0.15, 0.2) is 65.8 Å². The van der Waals surface area contributed by atoms with Crippen molar-refractivity contribution in [2.75, 3.05) is 12.3 Å². The molecule has 12 nitrogen and oxygen atoms in total. The zero-order valence-electron chi connectivity index (χ0n) is 25.8. The summed E-state index contributed by atoms with van der Waals surface area (Å²) < 4.78 is 34.0. The monoisotopic (exact) mass is 630 g/mol. The Labute approximate surface area is 263 Å². The number of hydrogen-bond acceptors (Lipinski definition) is 10. The normalized spacial score (nSPS) is 17.8. The lowest BCUT2D eigenvalue weighted by Gasteiger charge is -2.41. The van der Waals surface area contributed by atoms with Gasteiger partial charge < -0.3 is 10.5 Å². The predicted molar refractivity (Wildman–Crippen MR) is 173 cm³/mol. The highest BCUT2D eigenvalue weighted by Crippen LogP contribution is 2.57. The van der Waals surface area contributed by atoms with Crippen LogP contribution < -0.4 is 10.5 Å². The molecule has 1 aliphatic rings. The second-order valence-corrected chi connectivity index (χ2v) is 13.3. The van der Waals surface area contributed by atoms with Crippen molar-refractivity contribution in [3.63, 3.8) is 0 Å². The molecule has 3 aromatic heterocycles. The van der Waals surface area contributed by atoms with E-state index in [-0.39, 0.29) is 47.5 Å². The highest BCUT2D eigenvalue weighted by molar-refractivity contribution is 8.22. The number of fused-ring (bicyclic) bond motifs is 2. The maximum absolute atomic E-state index is 13.6. The third kappa shape index (κ3) is 5.68. The lowest BCUT2D eigenvalue weighted by atomic mass is 9.84. The van der Waals surface area contributed by atoms with Crippen molar-refractivity contribution in [2.24, 2.45) is 0 Å². The van der Waals surface area contributed by atoms with Gasteiger partial charge in [0.25, 0.3) is 0 Å². The van der Waals surface area contributed by atoms with E-state index in [1.807, 2.05) is 56.6 Å². The first kappa shape index (κ1) is 30.7. The summed E-state index contributed by atoms with van der Waals surface area (Å²) in [6.07, 6.45) is 3.60. The highest BCUT2D eigenvalue weighted by atomic mass is 32.3. The standard InChI is InChI=1S/C32H38N8O4S/c1-5-24-19-38(45(42,43)28-8-7-14-34-32(28)44-24)18-23-16-22(10-9-20(23)3)26(17-30(41)40-29(33)13-15-35-40)25-11-12-27-31(21(25)4)36-37-39(27)6-2/h7-16,24,26,42-43H,5-6,17-19,33H2,1-4H3. The van der Waals surface area contributed by atoms with Crippen molar-refractivity contribution in [3.8, 4) is 5.88 Å². The number of aryl methyl sites for hydroxylation is 3. The van der Waals surface area contributed by atoms with Gasteiger partial charge in [-0.2, -0.15) is 14.1 Å². The van der Waals surface area contributed by atoms with Crippen molar-refractivity contribution in [1.29, 1.82) is 0 Å². The smallest absolute Gasteiger partial charge is 0.249 e. The summed E-state index contributed by atoms with van der Waals surface area (Å²) in [4.78, 5) is 18.1. The van der Waals surface area contributed by atoms with Gasteiger partial charge in [-0.3, -0.25) is 13.9 Å². The number of carbonyl (C=O) groups excluding carboxylic acids is 1. The number of benzene rings is 2. The molecule has 0 bridgehead atoms. The fraction of sp³-hybridized carbons (Fsp3) is 0.344. The Kier molecular flexibility index (Phi) is 8.35. The minimum Gasteiger partial charge on any atom is -0.472 e. The minimum atomic E-state index is -3.40. The van der Waals surface area contributed by atoms with Crippen LogP contribution in [0.2, 0.25) is 0 Å². The first-order valence-corrected chi connectivity index (χ1v) is 16.5. The number of hydrogen-bond donors (Lipinski definition) is 3. The molecule has 6 rings (SSSR count). The second-order valence-electron chi connectivity index (χ2n) is 11.4. The lowest BCUT2D eigenvalue weighted by Crippen LogP contribution is -2.34. The number of nitrogen functional groups attached to an aromatic ring is 1. The summed E-state index contributed by atoms with van der Waals surface area (Å²) in [5, 5.41) is 12.9. The molecule has 1 aliphatic heterocycles. The van der Waals surface area contributed by atoms with Crippen LogP contribution in [0, 0.1) is 13.8 Å². The van der Waals surface area contributed by atoms with E-state index in [1.165, 1.54) is 10.9 Å². The van der Waals surface area contributed by atoms with Gasteiger partial charge in [0.1, 0.15) is 22.3 Å². The quantitative estimate of drug-likeness (QED) is 0.191. The third-order valence-electron chi connectivity index (χ3n) is 8.60. The first-order chi connectivity index (χ1) is 21.6. The molecule has 4 heterocycles. The van der Waals surface area contributed by atoms with Crippen LogP contribution in [-0.2, 0) is 13.1 Å². The van der Waals surface area contributed by atoms with Crippen molar-refractivity contribution in [1.82, 2.24) is 34.1 Å². The number of anilines is 1. The lowest BCUT2D eigenvalue weighted by molar-refractivity contribution is 0.0884. The number of carbonyl (C=O) groups is 1. The SMILES string of the molecule is CCC1CN(Cc2cc(C(CC(=O)n3nccc3N)c3ccc4c(nnn4CC)c3C)ccc2C)S(O)(O)c2cccnc2O1. The van der Waals surface area contributed by atoms with E-state index < -0.39 is 10.8 Å². The van der Waals surface area contributed by atoms with E-state index in [4.69, 9.17) is 10.5 Å². The van der Waals surface area contributed by atoms with Crippen molar-refractivity contribution < 1.29 is 18.6 Å². The summed E-state index contributed by atoms with van der Waals surface area (Å²) >= 11 is 0. The van der Waals surface area contributed by atoms with Gasteiger partial charge in [-0.05, 0) is 73.2 Å². The molecule has 45 heavy (non-hydrogen) atoms.